The second kappa shape index (κ2) is 4.98. The SMILES string of the molecule is COC(C)(C)C(=O)c1ccc2c(c1)OCCCO2. The Balaban J connectivity index is 2.31. The number of carbonyl (C=O) groups excluding carboxylic acids is 1. The molecule has 1 aromatic rings. The Morgan fingerprint density at radius 3 is 2.56 bits per heavy atom. The second-order valence-electron chi connectivity index (χ2n) is 4.76. The van der Waals surface area contributed by atoms with Crippen LogP contribution in [0.5, 0.6) is 11.5 Å². The first-order chi connectivity index (χ1) is 8.54. The third-order valence-corrected chi connectivity index (χ3v) is 3.07. The molecule has 4 heteroatoms. The summed E-state index contributed by atoms with van der Waals surface area (Å²) >= 11 is 0. The highest BCUT2D eigenvalue weighted by molar-refractivity contribution is 6.02. The molecule has 0 atom stereocenters. The molecule has 0 radical (unpaired) electrons. The van der Waals surface area contributed by atoms with Crippen molar-refractivity contribution in [2.24, 2.45) is 0 Å². The minimum atomic E-state index is -0.834. The standard InChI is InChI=1S/C14H18O4/c1-14(2,16-3)13(15)10-5-6-11-12(9-10)18-8-4-7-17-11/h5-6,9H,4,7-8H2,1-3H3. The highest BCUT2D eigenvalue weighted by Crippen LogP contribution is 2.31. The zero-order chi connectivity index (χ0) is 13.2. The second-order valence-corrected chi connectivity index (χ2v) is 4.76. The maximum Gasteiger partial charge on any atom is 0.194 e. The van der Waals surface area contributed by atoms with Crippen LogP contribution in [0.2, 0.25) is 0 Å². The summed E-state index contributed by atoms with van der Waals surface area (Å²) in [6.07, 6.45) is 0.849. The zero-order valence-corrected chi connectivity index (χ0v) is 11.0. The molecule has 0 aliphatic carbocycles. The summed E-state index contributed by atoms with van der Waals surface area (Å²) in [6.45, 7) is 4.75. The van der Waals surface area contributed by atoms with Crippen molar-refractivity contribution in [3.63, 3.8) is 0 Å². The van der Waals surface area contributed by atoms with E-state index in [0.717, 1.165) is 6.42 Å². The Labute approximate surface area is 107 Å². The van der Waals surface area contributed by atoms with Gasteiger partial charge < -0.3 is 14.2 Å². The van der Waals surface area contributed by atoms with Gasteiger partial charge in [0.2, 0.25) is 0 Å². The predicted octanol–water partition coefficient (Wildman–Crippen LogP) is 2.46. The van der Waals surface area contributed by atoms with E-state index < -0.39 is 5.60 Å². The molecule has 1 aromatic carbocycles. The summed E-state index contributed by atoms with van der Waals surface area (Å²) in [5, 5.41) is 0. The summed E-state index contributed by atoms with van der Waals surface area (Å²) in [6, 6.07) is 5.25. The van der Waals surface area contributed by atoms with Crippen molar-refractivity contribution in [2.75, 3.05) is 20.3 Å². The van der Waals surface area contributed by atoms with E-state index in [1.807, 2.05) is 0 Å². The van der Waals surface area contributed by atoms with E-state index in [4.69, 9.17) is 14.2 Å². The lowest BCUT2D eigenvalue weighted by atomic mass is 9.96. The van der Waals surface area contributed by atoms with Crippen LogP contribution < -0.4 is 9.47 Å². The molecule has 0 saturated heterocycles. The Hall–Kier alpha value is -1.55. The van der Waals surface area contributed by atoms with Gasteiger partial charge in [0.1, 0.15) is 5.60 Å². The van der Waals surface area contributed by atoms with E-state index in [-0.39, 0.29) is 5.78 Å². The maximum atomic E-state index is 12.2. The molecule has 4 nitrogen and oxygen atoms in total. The summed E-state index contributed by atoms with van der Waals surface area (Å²) < 4.78 is 16.3. The number of Topliss-reactive ketones (excluding diaryl/α,β-unsaturated/α-hetero) is 1. The first kappa shape index (κ1) is 12.9. The van der Waals surface area contributed by atoms with E-state index in [1.165, 1.54) is 7.11 Å². The molecular formula is C14H18O4. The number of hydrogen-bond acceptors (Lipinski definition) is 4. The lowest BCUT2D eigenvalue weighted by Crippen LogP contribution is -2.33. The molecule has 0 saturated carbocycles. The van der Waals surface area contributed by atoms with Crippen molar-refractivity contribution in [2.45, 2.75) is 25.9 Å². The minimum absolute atomic E-state index is 0.0688. The maximum absolute atomic E-state index is 12.2. The van der Waals surface area contributed by atoms with E-state index in [1.54, 1.807) is 32.0 Å². The highest BCUT2D eigenvalue weighted by Gasteiger charge is 2.29. The third-order valence-electron chi connectivity index (χ3n) is 3.07. The molecule has 1 aliphatic heterocycles. The first-order valence-electron chi connectivity index (χ1n) is 6.04. The van der Waals surface area contributed by atoms with Gasteiger partial charge in [0.05, 0.1) is 13.2 Å². The van der Waals surface area contributed by atoms with Gasteiger partial charge in [-0.1, -0.05) is 0 Å². The average molecular weight is 250 g/mol. The van der Waals surface area contributed by atoms with Crippen molar-refractivity contribution in [3.8, 4) is 11.5 Å². The Bertz CT molecular complexity index is 451. The molecule has 0 bridgehead atoms. The highest BCUT2D eigenvalue weighted by atomic mass is 16.5. The topological polar surface area (TPSA) is 44.8 Å². The van der Waals surface area contributed by atoms with Crippen LogP contribution in [-0.4, -0.2) is 31.7 Å². The molecule has 0 amide bonds. The van der Waals surface area contributed by atoms with Crippen LogP contribution >= 0.6 is 0 Å². The van der Waals surface area contributed by atoms with Gasteiger partial charge in [-0.15, -0.1) is 0 Å². The third kappa shape index (κ3) is 2.48. The summed E-state index contributed by atoms with van der Waals surface area (Å²) in [5.74, 6) is 1.25. The summed E-state index contributed by atoms with van der Waals surface area (Å²) in [7, 11) is 1.53. The normalized spacial score (nSPS) is 15.1. The fourth-order valence-corrected chi connectivity index (χ4v) is 1.74. The number of ether oxygens (including phenoxy) is 3. The van der Waals surface area contributed by atoms with Crippen LogP contribution in [0.15, 0.2) is 18.2 Å². The molecule has 1 heterocycles. The van der Waals surface area contributed by atoms with Crippen LogP contribution in [0, 0.1) is 0 Å². The predicted molar refractivity (Wildman–Crippen MR) is 67.5 cm³/mol. The van der Waals surface area contributed by atoms with Crippen LogP contribution in [0.4, 0.5) is 0 Å². The van der Waals surface area contributed by atoms with Crippen molar-refractivity contribution in [1.29, 1.82) is 0 Å². The molecule has 0 aromatic heterocycles. The Morgan fingerprint density at radius 2 is 1.89 bits per heavy atom. The summed E-state index contributed by atoms with van der Waals surface area (Å²) in [4.78, 5) is 12.2. The van der Waals surface area contributed by atoms with Crippen molar-refractivity contribution in [1.82, 2.24) is 0 Å². The molecule has 0 unspecified atom stereocenters. The van der Waals surface area contributed by atoms with Crippen LogP contribution in [0.3, 0.4) is 0 Å². The Kier molecular flexibility index (Phi) is 3.57. The minimum Gasteiger partial charge on any atom is -0.490 e. The van der Waals surface area contributed by atoms with Gasteiger partial charge in [-0.05, 0) is 32.0 Å². The zero-order valence-electron chi connectivity index (χ0n) is 11.0. The molecule has 0 N–H and O–H groups in total. The fraction of sp³-hybridized carbons (Fsp3) is 0.500. The van der Waals surface area contributed by atoms with Gasteiger partial charge in [0, 0.05) is 19.1 Å². The molecule has 98 valence electrons. The number of ketones is 1. The van der Waals surface area contributed by atoms with Gasteiger partial charge in [0.25, 0.3) is 0 Å². The van der Waals surface area contributed by atoms with Crippen molar-refractivity contribution in [3.05, 3.63) is 23.8 Å². The Morgan fingerprint density at radius 1 is 1.22 bits per heavy atom. The number of hydrogen-bond donors (Lipinski definition) is 0. The number of rotatable bonds is 3. The van der Waals surface area contributed by atoms with E-state index >= 15 is 0 Å². The number of carbonyl (C=O) groups is 1. The molecule has 18 heavy (non-hydrogen) atoms. The van der Waals surface area contributed by atoms with E-state index in [0.29, 0.717) is 30.3 Å². The number of fused-ring (bicyclic) bond motifs is 1. The average Bonchev–Trinajstić information content (AvgIpc) is 2.62. The smallest absolute Gasteiger partial charge is 0.194 e. The van der Waals surface area contributed by atoms with Crippen LogP contribution in [0.25, 0.3) is 0 Å². The number of benzene rings is 1. The molecule has 0 spiro atoms. The van der Waals surface area contributed by atoms with Gasteiger partial charge >= 0.3 is 0 Å². The van der Waals surface area contributed by atoms with Crippen LogP contribution in [-0.2, 0) is 4.74 Å². The van der Waals surface area contributed by atoms with Gasteiger partial charge in [-0.3, -0.25) is 4.79 Å². The lowest BCUT2D eigenvalue weighted by molar-refractivity contribution is 0.0228. The van der Waals surface area contributed by atoms with Crippen LogP contribution in [0.1, 0.15) is 30.6 Å². The summed E-state index contributed by atoms with van der Waals surface area (Å²) in [5.41, 5.74) is -0.258. The largest absolute Gasteiger partial charge is 0.490 e. The molecule has 2 rings (SSSR count). The van der Waals surface area contributed by atoms with Gasteiger partial charge in [-0.2, -0.15) is 0 Å². The van der Waals surface area contributed by atoms with Gasteiger partial charge in [0.15, 0.2) is 17.3 Å². The quantitative estimate of drug-likeness (QED) is 0.773. The van der Waals surface area contributed by atoms with E-state index in [2.05, 4.69) is 0 Å². The fourth-order valence-electron chi connectivity index (χ4n) is 1.74. The molecule has 1 aliphatic rings. The monoisotopic (exact) mass is 250 g/mol. The van der Waals surface area contributed by atoms with E-state index in [9.17, 15) is 4.79 Å². The van der Waals surface area contributed by atoms with Gasteiger partial charge in [-0.25, -0.2) is 0 Å². The molecule has 0 fully saturated rings. The molecular weight excluding hydrogens is 232 g/mol. The van der Waals surface area contributed by atoms with Crippen molar-refractivity contribution < 1.29 is 19.0 Å². The van der Waals surface area contributed by atoms with Crippen molar-refractivity contribution >= 4 is 5.78 Å². The first-order valence-corrected chi connectivity index (χ1v) is 6.04. The lowest BCUT2D eigenvalue weighted by Gasteiger charge is -2.21. The number of methoxy groups -OCH3 is 1.